The van der Waals surface area contributed by atoms with E-state index in [-0.39, 0.29) is 23.6 Å². The number of alkyl halides is 3. The van der Waals surface area contributed by atoms with Gasteiger partial charge in [0.25, 0.3) is 0 Å². The molecule has 2 heterocycles. The number of anilines is 4. The van der Waals surface area contributed by atoms with Gasteiger partial charge in [0.2, 0.25) is 5.95 Å². The van der Waals surface area contributed by atoms with Crippen molar-refractivity contribution in [3.8, 4) is 0 Å². The number of pyridine rings is 1. The second-order valence-corrected chi connectivity index (χ2v) is 7.47. The van der Waals surface area contributed by atoms with Crippen molar-refractivity contribution in [2.24, 2.45) is 0 Å². The number of amides is 1. The number of halogens is 3. The summed E-state index contributed by atoms with van der Waals surface area (Å²) in [6.07, 6.45) is -3.89. The van der Waals surface area contributed by atoms with Gasteiger partial charge in [-0.25, -0.2) is 19.7 Å². The molecular formula is C22H19F3N6O2. The number of hydrogen-bond donors (Lipinski definition) is 3. The number of fused-ring (bicyclic) bond motifs is 3. The highest BCUT2D eigenvalue weighted by Gasteiger charge is 2.30. The number of hydrogen-bond acceptors (Lipinski definition) is 7. The molecule has 4 rings (SSSR count). The zero-order valence-corrected chi connectivity index (χ0v) is 17.6. The molecule has 4 N–H and O–H groups in total. The maximum atomic E-state index is 13.1. The molecule has 0 aliphatic carbocycles. The van der Waals surface area contributed by atoms with Crippen LogP contribution in [-0.2, 0) is 10.9 Å². The fraction of sp³-hybridized carbons (Fsp3) is 0.182. The van der Waals surface area contributed by atoms with Gasteiger partial charge in [-0.3, -0.25) is 5.32 Å². The van der Waals surface area contributed by atoms with Gasteiger partial charge in [-0.2, -0.15) is 13.2 Å². The van der Waals surface area contributed by atoms with Crippen LogP contribution in [0, 0.1) is 0 Å². The topological polar surface area (TPSA) is 115 Å². The SMILES string of the molecule is CC(C)OC(=O)Nc1ccc2c(c1)nc(Nc1cccc(C(F)(F)F)c1)c1nc(N)ncc12. The zero-order chi connectivity index (χ0) is 23.8. The average molecular weight is 456 g/mol. The van der Waals surface area contributed by atoms with Crippen LogP contribution in [0.5, 0.6) is 0 Å². The molecule has 0 radical (unpaired) electrons. The van der Waals surface area contributed by atoms with E-state index in [2.05, 4.69) is 25.6 Å². The maximum absolute atomic E-state index is 13.1. The molecule has 4 aromatic rings. The van der Waals surface area contributed by atoms with Gasteiger partial charge in [-0.1, -0.05) is 12.1 Å². The number of ether oxygens (including phenoxy) is 1. The van der Waals surface area contributed by atoms with Gasteiger partial charge in [-0.15, -0.1) is 0 Å². The van der Waals surface area contributed by atoms with Crippen molar-refractivity contribution < 1.29 is 22.7 Å². The molecule has 0 aliphatic heterocycles. The number of nitrogens with two attached hydrogens (primary N) is 1. The van der Waals surface area contributed by atoms with E-state index in [1.54, 1.807) is 32.0 Å². The lowest BCUT2D eigenvalue weighted by Gasteiger charge is -2.14. The van der Waals surface area contributed by atoms with Crippen molar-refractivity contribution in [2.45, 2.75) is 26.1 Å². The fourth-order valence-corrected chi connectivity index (χ4v) is 3.23. The Morgan fingerprint density at radius 3 is 2.58 bits per heavy atom. The standard InChI is InChI=1S/C22H19F3N6O2/c1-11(2)33-21(32)29-14-6-7-15-16-10-27-20(26)31-18(16)19(30-17(15)9-14)28-13-5-3-4-12(8-13)22(23,24)25/h3-11H,1-2H3,(H,28,30)(H,29,32)(H2,26,27,31). The molecule has 0 saturated heterocycles. The van der Waals surface area contributed by atoms with E-state index < -0.39 is 17.8 Å². The molecule has 0 atom stereocenters. The Kier molecular flexibility index (Phi) is 5.62. The highest BCUT2D eigenvalue weighted by atomic mass is 19.4. The summed E-state index contributed by atoms with van der Waals surface area (Å²) in [5, 5.41) is 6.77. The smallest absolute Gasteiger partial charge is 0.416 e. The molecule has 0 unspecified atom stereocenters. The first-order valence-corrected chi connectivity index (χ1v) is 9.88. The average Bonchev–Trinajstić information content (AvgIpc) is 2.72. The number of carbonyl (C=O) groups is 1. The van der Waals surface area contributed by atoms with E-state index in [4.69, 9.17) is 10.5 Å². The summed E-state index contributed by atoms with van der Waals surface area (Å²) in [6.45, 7) is 3.45. The van der Waals surface area contributed by atoms with Gasteiger partial charge >= 0.3 is 12.3 Å². The Bertz CT molecular complexity index is 1360. The first-order valence-electron chi connectivity index (χ1n) is 9.88. The molecule has 0 fully saturated rings. The largest absolute Gasteiger partial charge is 0.447 e. The lowest BCUT2D eigenvalue weighted by Crippen LogP contribution is -2.17. The van der Waals surface area contributed by atoms with Gasteiger partial charge in [0.1, 0.15) is 5.52 Å². The Labute approximate surface area is 186 Å². The summed E-state index contributed by atoms with van der Waals surface area (Å²) in [5.74, 6) is 0.179. The predicted molar refractivity (Wildman–Crippen MR) is 119 cm³/mol. The van der Waals surface area contributed by atoms with Crippen LogP contribution in [0.1, 0.15) is 19.4 Å². The van der Waals surface area contributed by atoms with Crippen molar-refractivity contribution in [2.75, 3.05) is 16.4 Å². The quantitative estimate of drug-likeness (QED) is 0.348. The third kappa shape index (κ3) is 4.86. The van der Waals surface area contributed by atoms with Crippen molar-refractivity contribution in [1.29, 1.82) is 0 Å². The van der Waals surface area contributed by atoms with Crippen molar-refractivity contribution in [1.82, 2.24) is 15.0 Å². The number of rotatable bonds is 4. The van der Waals surface area contributed by atoms with Crippen LogP contribution in [0.3, 0.4) is 0 Å². The predicted octanol–water partition coefficient (Wildman–Crippen LogP) is 5.48. The molecule has 2 aromatic carbocycles. The summed E-state index contributed by atoms with van der Waals surface area (Å²) in [4.78, 5) is 24.7. The Balaban J connectivity index is 1.80. The number of nitrogens with one attached hydrogen (secondary N) is 2. The molecule has 1 amide bonds. The molecule has 170 valence electrons. The summed E-state index contributed by atoms with van der Waals surface area (Å²) >= 11 is 0. The highest BCUT2D eigenvalue weighted by molar-refractivity contribution is 6.09. The number of benzene rings is 2. The monoisotopic (exact) mass is 456 g/mol. The minimum absolute atomic E-state index is 0.00883. The van der Waals surface area contributed by atoms with Gasteiger partial charge in [0.05, 0.1) is 17.2 Å². The maximum Gasteiger partial charge on any atom is 0.416 e. The third-order valence-electron chi connectivity index (χ3n) is 4.59. The zero-order valence-electron chi connectivity index (χ0n) is 17.6. The summed E-state index contributed by atoms with van der Waals surface area (Å²) in [5.41, 5.74) is 6.33. The molecule has 8 nitrogen and oxygen atoms in total. The molecule has 0 bridgehead atoms. The summed E-state index contributed by atoms with van der Waals surface area (Å²) < 4.78 is 44.5. The summed E-state index contributed by atoms with van der Waals surface area (Å²) in [7, 11) is 0. The molecule has 0 aliphatic rings. The van der Waals surface area contributed by atoms with E-state index in [9.17, 15) is 18.0 Å². The number of carbonyl (C=O) groups excluding carboxylic acids is 1. The fourth-order valence-electron chi connectivity index (χ4n) is 3.23. The van der Waals surface area contributed by atoms with E-state index >= 15 is 0 Å². The van der Waals surface area contributed by atoms with Crippen LogP contribution in [0.25, 0.3) is 21.8 Å². The minimum Gasteiger partial charge on any atom is -0.447 e. The molecular weight excluding hydrogens is 437 g/mol. The third-order valence-corrected chi connectivity index (χ3v) is 4.59. The van der Waals surface area contributed by atoms with Crippen LogP contribution in [-0.4, -0.2) is 27.1 Å². The van der Waals surface area contributed by atoms with Crippen molar-refractivity contribution in [3.63, 3.8) is 0 Å². The first kappa shape index (κ1) is 22.1. The van der Waals surface area contributed by atoms with Crippen molar-refractivity contribution in [3.05, 3.63) is 54.2 Å². The molecule has 0 saturated carbocycles. The molecule has 11 heteroatoms. The normalized spacial score (nSPS) is 11.7. The van der Waals surface area contributed by atoms with Gasteiger partial charge < -0.3 is 15.8 Å². The van der Waals surface area contributed by atoms with Gasteiger partial charge in [-0.05, 0) is 44.2 Å². The number of nitrogen functional groups attached to an aromatic ring is 1. The van der Waals surface area contributed by atoms with E-state index in [0.717, 1.165) is 12.1 Å². The van der Waals surface area contributed by atoms with Crippen LogP contribution in [0.15, 0.2) is 48.7 Å². The molecule has 2 aromatic heterocycles. The van der Waals surface area contributed by atoms with Crippen LogP contribution in [0.2, 0.25) is 0 Å². The number of aromatic nitrogens is 3. The molecule has 33 heavy (non-hydrogen) atoms. The first-order chi connectivity index (χ1) is 15.6. The van der Waals surface area contributed by atoms with Crippen LogP contribution >= 0.6 is 0 Å². The molecule has 0 spiro atoms. The lowest BCUT2D eigenvalue weighted by molar-refractivity contribution is -0.137. The second kappa shape index (κ2) is 8.41. The van der Waals surface area contributed by atoms with Gasteiger partial charge in [0, 0.05) is 28.3 Å². The second-order valence-electron chi connectivity index (χ2n) is 7.47. The Morgan fingerprint density at radius 1 is 1.06 bits per heavy atom. The van der Waals surface area contributed by atoms with Crippen LogP contribution in [0.4, 0.5) is 41.1 Å². The summed E-state index contributed by atoms with van der Waals surface area (Å²) in [6, 6.07) is 9.74. The Morgan fingerprint density at radius 2 is 1.85 bits per heavy atom. The van der Waals surface area contributed by atoms with Crippen molar-refractivity contribution >= 4 is 51.0 Å². The highest BCUT2D eigenvalue weighted by Crippen LogP contribution is 2.34. The van der Waals surface area contributed by atoms with Crippen LogP contribution < -0.4 is 16.4 Å². The van der Waals surface area contributed by atoms with E-state index in [1.807, 2.05) is 0 Å². The Hall–Kier alpha value is -4.15. The van der Waals surface area contributed by atoms with E-state index in [1.165, 1.54) is 18.3 Å². The lowest BCUT2D eigenvalue weighted by atomic mass is 10.1. The van der Waals surface area contributed by atoms with Gasteiger partial charge in [0.15, 0.2) is 5.82 Å². The minimum atomic E-state index is -4.49. The van der Waals surface area contributed by atoms with E-state index in [0.29, 0.717) is 27.5 Å². The number of nitrogens with zero attached hydrogens (tertiary/aromatic N) is 3.